The molecule has 1 saturated heterocycles. The molecule has 2 fully saturated rings. The number of nitrogens with zero attached hydrogens (tertiary/aromatic N) is 1. The maximum atomic E-state index is 12.3. The van der Waals surface area contributed by atoms with Crippen molar-refractivity contribution in [2.24, 2.45) is 17.3 Å². The van der Waals surface area contributed by atoms with Crippen LogP contribution in [0.1, 0.15) is 52.4 Å². The molecule has 0 N–H and O–H groups in total. The van der Waals surface area contributed by atoms with Gasteiger partial charge in [-0.25, -0.2) is 0 Å². The van der Waals surface area contributed by atoms with Gasteiger partial charge in [-0.15, -0.1) is 0 Å². The van der Waals surface area contributed by atoms with Crippen LogP contribution in [0.2, 0.25) is 0 Å². The van der Waals surface area contributed by atoms with E-state index in [-0.39, 0.29) is 5.41 Å². The molecule has 1 aliphatic carbocycles. The van der Waals surface area contributed by atoms with Gasteiger partial charge < -0.3 is 4.90 Å². The van der Waals surface area contributed by atoms with Crippen LogP contribution in [0.3, 0.4) is 0 Å². The average molecular weight is 269 g/mol. The van der Waals surface area contributed by atoms with Crippen LogP contribution < -0.4 is 0 Å². The minimum absolute atomic E-state index is 0.268. The Morgan fingerprint density at radius 3 is 2.61 bits per heavy atom. The molecule has 2 rings (SSSR count). The molecule has 1 heterocycles. The quantitative estimate of drug-likeness (QED) is 0.776. The van der Waals surface area contributed by atoms with E-state index in [9.17, 15) is 4.79 Å². The summed E-state index contributed by atoms with van der Waals surface area (Å²) in [6, 6.07) is 0. The van der Waals surface area contributed by atoms with Crippen LogP contribution in [0.25, 0.3) is 0 Å². The van der Waals surface area contributed by atoms with E-state index in [2.05, 4.69) is 31.4 Å². The van der Waals surface area contributed by atoms with Crippen molar-refractivity contribution in [1.82, 2.24) is 4.90 Å². The molecule has 1 unspecified atom stereocenters. The van der Waals surface area contributed by atoms with E-state index in [1.165, 1.54) is 32.1 Å². The van der Waals surface area contributed by atoms with Crippen LogP contribution in [-0.4, -0.2) is 29.6 Å². The van der Waals surface area contributed by atoms with Crippen molar-refractivity contribution >= 4 is 18.5 Å². The molecule has 1 saturated carbocycles. The van der Waals surface area contributed by atoms with E-state index in [1.54, 1.807) is 0 Å². The molecule has 0 aromatic heterocycles. The zero-order valence-electron chi connectivity index (χ0n) is 11.8. The van der Waals surface area contributed by atoms with Crippen molar-refractivity contribution in [3.63, 3.8) is 0 Å². The first-order chi connectivity index (χ1) is 8.56. The highest BCUT2D eigenvalue weighted by Gasteiger charge is 2.43. The van der Waals surface area contributed by atoms with Crippen LogP contribution in [0.4, 0.5) is 0 Å². The van der Waals surface area contributed by atoms with E-state index in [1.807, 2.05) is 0 Å². The van der Waals surface area contributed by atoms with Crippen LogP contribution in [0.5, 0.6) is 0 Å². The number of likely N-dealkylation sites (tertiary alicyclic amines) is 1. The molecular weight excluding hydrogens is 242 g/mol. The summed E-state index contributed by atoms with van der Waals surface area (Å²) in [6.07, 6.45) is 6.80. The second-order valence-corrected chi connectivity index (χ2v) is 6.97. The van der Waals surface area contributed by atoms with Gasteiger partial charge in [0.25, 0.3) is 0 Å². The molecular formula is C15H27NOS. The van der Waals surface area contributed by atoms with Crippen molar-refractivity contribution in [2.45, 2.75) is 52.4 Å². The van der Waals surface area contributed by atoms with E-state index in [0.717, 1.165) is 37.1 Å². The summed E-state index contributed by atoms with van der Waals surface area (Å²) in [6.45, 7) is 6.57. The number of thiol groups is 1. The van der Waals surface area contributed by atoms with E-state index in [4.69, 9.17) is 0 Å². The monoisotopic (exact) mass is 269 g/mol. The zero-order valence-corrected chi connectivity index (χ0v) is 12.7. The van der Waals surface area contributed by atoms with Gasteiger partial charge >= 0.3 is 0 Å². The van der Waals surface area contributed by atoms with Gasteiger partial charge in [-0.05, 0) is 55.1 Å². The molecule has 0 aromatic rings. The maximum Gasteiger partial charge on any atom is 0.223 e. The highest BCUT2D eigenvalue weighted by atomic mass is 32.1. The molecule has 2 nitrogen and oxygen atoms in total. The molecule has 0 spiro atoms. The fraction of sp³-hybridized carbons (Fsp3) is 0.933. The minimum Gasteiger partial charge on any atom is -0.343 e. The summed E-state index contributed by atoms with van der Waals surface area (Å²) < 4.78 is 0. The van der Waals surface area contributed by atoms with Gasteiger partial charge in [-0.2, -0.15) is 12.6 Å². The topological polar surface area (TPSA) is 20.3 Å². The number of hydrogen-bond acceptors (Lipinski definition) is 2. The molecule has 104 valence electrons. The molecule has 0 bridgehead atoms. The normalized spacial score (nSPS) is 27.1. The van der Waals surface area contributed by atoms with Crippen LogP contribution in [0, 0.1) is 17.3 Å². The Hall–Kier alpha value is -0.180. The first-order valence-corrected chi connectivity index (χ1v) is 8.08. The van der Waals surface area contributed by atoms with Crippen molar-refractivity contribution in [1.29, 1.82) is 0 Å². The third kappa shape index (κ3) is 3.43. The smallest absolute Gasteiger partial charge is 0.223 e. The summed E-state index contributed by atoms with van der Waals surface area (Å²) in [5, 5.41) is 0. The SMILES string of the molecule is CC(C)C1CCCN(C(=O)CC2(CS)CC2)CC1. The van der Waals surface area contributed by atoms with Gasteiger partial charge in [-0.1, -0.05) is 13.8 Å². The number of amides is 1. The fourth-order valence-corrected chi connectivity index (χ4v) is 3.47. The third-order valence-electron chi connectivity index (χ3n) is 4.89. The summed E-state index contributed by atoms with van der Waals surface area (Å²) >= 11 is 4.39. The van der Waals surface area contributed by atoms with Gasteiger partial charge in [0, 0.05) is 19.5 Å². The van der Waals surface area contributed by atoms with Gasteiger partial charge in [0.2, 0.25) is 5.91 Å². The van der Waals surface area contributed by atoms with Crippen LogP contribution >= 0.6 is 12.6 Å². The Morgan fingerprint density at radius 2 is 2.06 bits per heavy atom. The Morgan fingerprint density at radius 1 is 1.33 bits per heavy atom. The highest BCUT2D eigenvalue weighted by molar-refractivity contribution is 7.80. The van der Waals surface area contributed by atoms with E-state index in [0.29, 0.717) is 5.91 Å². The molecule has 0 aromatic carbocycles. The molecule has 2 aliphatic rings. The second-order valence-electron chi connectivity index (χ2n) is 6.65. The number of rotatable bonds is 4. The summed E-state index contributed by atoms with van der Waals surface area (Å²) in [7, 11) is 0. The lowest BCUT2D eigenvalue weighted by atomic mass is 9.89. The zero-order chi connectivity index (χ0) is 13.2. The number of carbonyl (C=O) groups is 1. The number of carbonyl (C=O) groups excluding carboxylic acids is 1. The predicted octanol–water partition coefficient (Wildman–Crippen LogP) is 3.37. The van der Waals surface area contributed by atoms with E-state index < -0.39 is 0 Å². The molecule has 3 heteroatoms. The minimum atomic E-state index is 0.268. The van der Waals surface area contributed by atoms with E-state index >= 15 is 0 Å². The third-order valence-corrected chi connectivity index (χ3v) is 5.56. The first kappa shape index (κ1) is 14.2. The maximum absolute atomic E-state index is 12.3. The molecule has 1 amide bonds. The summed E-state index contributed by atoms with van der Waals surface area (Å²) in [5.41, 5.74) is 0.268. The Balaban J connectivity index is 1.84. The van der Waals surface area contributed by atoms with Gasteiger partial charge in [0.1, 0.15) is 0 Å². The second kappa shape index (κ2) is 5.85. The molecule has 1 aliphatic heterocycles. The Labute approximate surface area is 117 Å². The largest absolute Gasteiger partial charge is 0.343 e. The Bertz CT molecular complexity index is 299. The average Bonchev–Trinajstić information content (AvgIpc) is 3.11. The van der Waals surface area contributed by atoms with Crippen molar-refractivity contribution < 1.29 is 4.79 Å². The standard InChI is InChI=1S/C15H27NOS/c1-12(2)13-4-3-8-16(9-5-13)14(17)10-15(11-18)6-7-15/h12-13,18H,3-11H2,1-2H3. The number of hydrogen-bond donors (Lipinski definition) is 1. The van der Waals surface area contributed by atoms with Crippen LogP contribution in [0.15, 0.2) is 0 Å². The lowest BCUT2D eigenvalue weighted by Crippen LogP contribution is -2.34. The molecule has 1 atom stereocenters. The summed E-state index contributed by atoms with van der Waals surface area (Å²) in [4.78, 5) is 14.5. The Kier molecular flexibility index (Phi) is 4.63. The highest BCUT2D eigenvalue weighted by Crippen LogP contribution is 2.49. The molecule has 0 radical (unpaired) electrons. The van der Waals surface area contributed by atoms with Gasteiger partial charge in [0.05, 0.1) is 0 Å². The van der Waals surface area contributed by atoms with Crippen molar-refractivity contribution in [2.75, 3.05) is 18.8 Å². The van der Waals surface area contributed by atoms with Gasteiger partial charge in [-0.3, -0.25) is 4.79 Å². The van der Waals surface area contributed by atoms with Gasteiger partial charge in [0.15, 0.2) is 0 Å². The van der Waals surface area contributed by atoms with Crippen molar-refractivity contribution in [3.05, 3.63) is 0 Å². The fourth-order valence-electron chi connectivity index (χ4n) is 3.04. The predicted molar refractivity (Wildman–Crippen MR) is 78.9 cm³/mol. The van der Waals surface area contributed by atoms with Crippen LogP contribution in [-0.2, 0) is 4.79 Å². The lowest BCUT2D eigenvalue weighted by Gasteiger charge is -2.23. The lowest BCUT2D eigenvalue weighted by molar-refractivity contribution is -0.132. The van der Waals surface area contributed by atoms with Crippen molar-refractivity contribution in [3.8, 4) is 0 Å². The summed E-state index contributed by atoms with van der Waals surface area (Å²) in [5.74, 6) is 2.82. The molecule has 18 heavy (non-hydrogen) atoms. The first-order valence-electron chi connectivity index (χ1n) is 7.45.